The van der Waals surface area contributed by atoms with Crippen molar-refractivity contribution in [2.24, 2.45) is 0 Å². The molecule has 0 fully saturated rings. The van der Waals surface area contributed by atoms with E-state index >= 15 is 0 Å². The third kappa shape index (κ3) is 3.14. The molecule has 5 heteroatoms. The molecule has 4 nitrogen and oxygen atoms in total. The van der Waals surface area contributed by atoms with Gasteiger partial charge in [-0.15, -0.1) is 0 Å². The summed E-state index contributed by atoms with van der Waals surface area (Å²) in [5.41, 5.74) is 1.94. The molecule has 0 saturated heterocycles. The fraction of sp³-hybridized carbons (Fsp3) is 0.412. The van der Waals surface area contributed by atoms with Crippen molar-refractivity contribution < 1.29 is 4.74 Å². The third-order valence-corrected chi connectivity index (χ3v) is 4.52. The fourth-order valence-electron chi connectivity index (χ4n) is 2.46. The van der Waals surface area contributed by atoms with Gasteiger partial charge in [-0.05, 0) is 25.5 Å². The van der Waals surface area contributed by atoms with E-state index in [1.165, 1.54) is 24.3 Å². The third-order valence-electron chi connectivity index (χ3n) is 3.54. The maximum absolute atomic E-state index is 5.69. The molecular formula is C17H21N3OS. The van der Waals surface area contributed by atoms with Crippen molar-refractivity contribution in [1.29, 1.82) is 0 Å². The lowest BCUT2D eigenvalue weighted by Crippen LogP contribution is -1.93. The molecule has 22 heavy (non-hydrogen) atoms. The molecule has 2 aromatic heterocycles. The van der Waals surface area contributed by atoms with Gasteiger partial charge in [-0.2, -0.15) is 5.10 Å². The Balaban J connectivity index is 1.85. The van der Waals surface area contributed by atoms with Gasteiger partial charge in [0, 0.05) is 12.0 Å². The van der Waals surface area contributed by atoms with E-state index in [0.717, 1.165) is 28.4 Å². The van der Waals surface area contributed by atoms with Crippen molar-refractivity contribution in [3.05, 3.63) is 35.5 Å². The number of imidazole rings is 1. The summed E-state index contributed by atoms with van der Waals surface area (Å²) in [6.45, 7) is 4.86. The summed E-state index contributed by atoms with van der Waals surface area (Å²) in [5, 5.41) is 5.81. The molecule has 0 aliphatic carbocycles. The molecular weight excluding hydrogens is 294 g/mol. The Morgan fingerprint density at radius 1 is 1.18 bits per heavy atom. The lowest BCUT2D eigenvalue weighted by Gasteiger charge is -2.07. The van der Waals surface area contributed by atoms with E-state index in [4.69, 9.17) is 9.72 Å². The van der Waals surface area contributed by atoms with Crippen LogP contribution >= 0.6 is 11.3 Å². The maximum atomic E-state index is 5.69. The molecule has 0 amide bonds. The zero-order valence-electron chi connectivity index (χ0n) is 13.1. The molecule has 1 aromatic carbocycles. The monoisotopic (exact) mass is 315 g/mol. The highest BCUT2D eigenvalue weighted by Crippen LogP contribution is 2.30. The first-order valence-electron chi connectivity index (χ1n) is 7.89. The van der Waals surface area contributed by atoms with Crippen LogP contribution in [0.5, 0.6) is 5.75 Å². The second-order valence-corrected chi connectivity index (χ2v) is 6.28. The van der Waals surface area contributed by atoms with Gasteiger partial charge in [-0.25, -0.2) is 9.50 Å². The van der Waals surface area contributed by atoms with Gasteiger partial charge < -0.3 is 4.74 Å². The molecule has 0 atom stereocenters. The summed E-state index contributed by atoms with van der Waals surface area (Å²) < 4.78 is 7.58. The van der Waals surface area contributed by atoms with E-state index < -0.39 is 0 Å². The average Bonchev–Trinajstić information content (AvgIpc) is 3.07. The van der Waals surface area contributed by atoms with Crippen molar-refractivity contribution in [2.75, 3.05) is 6.61 Å². The minimum Gasteiger partial charge on any atom is -0.493 e. The lowest BCUT2D eigenvalue weighted by molar-refractivity contribution is 0.341. The molecule has 3 aromatic rings. The van der Waals surface area contributed by atoms with E-state index in [9.17, 15) is 0 Å². The normalized spacial score (nSPS) is 11.2. The lowest BCUT2D eigenvalue weighted by atomic mass is 10.1. The summed E-state index contributed by atoms with van der Waals surface area (Å²) in [6, 6.07) is 8.02. The summed E-state index contributed by atoms with van der Waals surface area (Å²) in [4.78, 5) is 5.67. The highest BCUT2D eigenvalue weighted by atomic mass is 32.1. The van der Waals surface area contributed by atoms with E-state index in [-0.39, 0.29) is 0 Å². The highest BCUT2D eigenvalue weighted by Gasteiger charge is 2.12. The van der Waals surface area contributed by atoms with Crippen LogP contribution in [0.25, 0.3) is 16.2 Å². The summed E-state index contributed by atoms with van der Waals surface area (Å²) in [5.74, 6) is 0.874. The molecule has 0 aliphatic rings. The average molecular weight is 315 g/mol. The molecule has 0 saturated carbocycles. The van der Waals surface area contributed by atoms with Crippen LogP contribution in [0.2, 0.25) is 0 Å². The van der Waals surface area contributed by atoms with E-state index in [2.05, 4.69) is 12.0 Å². The summed E-state index contributed by atoms with van der Waals surface area (Å²) >= 11 is 1.68. The number of nitrogens with zero attached hydrogens (tertiary/aromatic N) is 3. The molecule has 0 bridgehead atoms. The van der Waals surface area contributed by atoms with E-state index in [1.807, 2.05) is 41.9 Å². The fourth-order valence-corrected chi connectivity index (χ4v) is 3.37. The van der Waals surface area contributed by atoms with Crippen LogP contribution in [0.4, 0.5) is 0 Å². The number of aryl methyl sites for hydroxylation is 1. The Morgan fingerprint density at radius 2 is 2.05 bits per heavy atom. The predicted molar refractivity (Wildman–Crippen MR) is 90.7 cm³/mol. The molecule has 0 spiro atoms. The number of hydrogen-bond donors (Lipinski definition) is 0. The Labute approximate surface area is 134 Å². The number of ether oxygens (including phenoxy) is 1. The SMILES string of the molecule is CCCCCc1nn2cc(-c3ccccc3OCC)nc2s1. The van der Waals surface area contributed by atoms with Gasteiger partial charge in [0.2, 0.25) is 4.96 Å². The molecule has 2 heterocycles. The topological polar surface area (TPSA) is 39.4 Å². The number of aromatic nitrogens is 3. The molecule has 0 aliphatic heterocycles. The number of benzene rings is 1. The van der Waals surface area contributed by atoms with Crippen molar-refractivity contribution in [3.63, 3.8) is 0 Å². The minimum atomic E-state index is 0.652. The van der Waals surface area contributed by atoms with Crippen LogP contribution in [0.1, 0.15) is 38.1 Å². The molecule has 0 unspecified atom stereocenters. The van der Waals surface area contributed by atoms with Gasteiger partial charge in [0.25, 0.3) is 0 Å². The minimum absolute atomic E-state index is 0.652. The molecule has 0 radical (unpaired) electrons. The molecule has 3 rings (SSSR count). The van der Waals surface area contributed by atoms with Crippen molar-refractivity contribution in [1.82, 2.24) is 14.6 Å². The van der Waals surface area contributed by atoms with E-state index in [1.54, 1.807) is 11.3 Å². The number of para-hydroxylation sites is 1. The van der Waals surface area contributed by atoms with Crippen LogP contribution < -0.4 is 4.74 Å². The first-order chi connectivity index (χ1) is 10.8. The number of rotatable bonds is 7. The molecule has 116 valence electrons. The van der Waals surface area contributed by atoms with Gasteiger partial charge in [0.15, 0.2) is 0 Å². The van der Waals surface area contributed by atoms with Crippen LogP contribution in [-0.2, 0) is 6.42 Å². The Kier molecular flexibility index (Phi) is 4.73. The van der Waals surface area contributed by atoms with Crippen LogP contribution in [0, 0.1) is 0 Å². The van der Waals surface area contributed by atoms with Gasteiger partial charge in [0.05, 0.1) is 18.5 Å². The Bertz CT molecular complexity index is 716. The van der Waals surface area contributed by atoms with Crippen molar-refractivity contribution in [2.45, 2.75) is 39.5 Å². The molecule has 0 N–H and O–H groups in total. The Morgan fingerprint density at radius 3 is 2.82 bits per heavy atom. The Hall–Kier alpha value is -1.88. The number of hydrogen-bond acceptors (Lipinski definition) is 4. The number of unbranched alkanes of at least 4 members (excludes halogenated alkanes) is 2. The smallest absolute Gasteiger partial charge is 0.212 e. The van der Waals surface area contributed by atoms with Crippen molar-refractivity contribution in [3.8, 4) is 17.0 Å². The highest BCUT2D eigenvalue weighted by molar-refractivity contribution is 7.16. The quantitative estimate of drug-likeness (QED) is 0.599. The maximum Gasteiger partial charge on any atom is 0.212 e. The van der Waals surface area contributed by atoms with Crippen LogP contribution in [0.3, 0.4) is 0 Å². The van der Waals surface area contributed by atoms with Crippen LogP contribution in [0.15, 0.2) is 30.5 Å². The van der Waals surface area contributed by atoms with Gasteiger partial charge in [0.1, 0.15) is 10.8 Å². The summed E-state index contributed by atoms with van der Waals surface area (Å²) in [6.07, 6.45) is 6.74. The van der Waals surface area contributed by atoms with Gasteiger partial charge >= 0.3 is 0 Å². The second-order valence-electron chi connectivity index (χ2n) is 5.24. The largest absolute Gasteiger partial charge is 0.493 e. The standard InChI is InChI=1S/C17H21N3OS/c1-3-5-6-11-16-19-20-12-14(18-17(20)22-16)13-9-7-8-10-15(13)21-4-2/h7-10,12H,3-6,11H2,1-2H3. The predicted octanol–water partition coefficient (Wildman–Crippen LogP) is 4.59. The zero-order valence-corrected chi connectivity index (χ0v) is 13.9. The zero-order chi connectivity index (χ0) is 15.4. The summed E-state index contributed by atoms with van der Waals surface area (Å²) in [7, 11) is 0. The second kappa shape index (κ2) is 6.92. The number of fused-ring (bicyclic) bond motifs is 1. The van der Waals surface area contributed by atoms with Gasteiger partial charge in [-0.1, -0.05) is 43.2 Å². The van der Waals surface area contributed by atoms with Crippen molar-refractivity contribution >= 4 is 16.3 Å². The van der Waals surface area contributed by atoms with E-state index in [0.29, 0.717) is 6.61 Å². The van der Waals surface area contributed by atoms with Crippen LogP contribution in [-0.4, -0.2) is 21.2 Å². The van der Waals surface area contributed by atoms with Gasteiger partial charge in [-0.3, -0.25) is 0 Å². The first kappa shape index (κ1) is 15.0. The first-order valence-corrected chi connectivity index (χ1v) is 8.70.